The average molecular weight is 452 g/mol. The highest BCUT2D eigenvalue weighted by Crippen LogP contribution is 2.32. The van der Waals surface area contributed by atoms with Gasteiger partial charge in [-0.1, -0.05) is 12.5 Å². The molecule has 0 saturated carbocycles. The summed E-state index contributed by atoms with van der Waals surface area (Å²) in [5.74, 6) is 0.156. The van der Waals surface area contributed by atoms with E-state index >= 15 is 0 Å². The van der Waals surface area contributed by atoms with E-state index in [1.165, 1.54) is 32.4 Å². The van der Waals surface area contributed by atoms with E-state index in [4.69, 9.17) is 0 Å². The molecule has 2 atom stereocenters. The van der Waals surface area contributed by atoms with E-state index in [0.717, 1.165) is 23.5 Å². The number of nitrogens with one attached hydrogen (secondary N) is 1. The molecule has 2 N–H and O–H groups in total. The number of hydrogen-bond acceptors (Lipinski definition) is 8. The Bertz CT molecular complexity index is 1220. The first-order chi connectivity index (χ1) is 15.9. The van der Waals surface area contributed by atoms with E-state index in [0.29, 0.717) is 35.1 Å². The maximum absolute atomic E-state index is 13.9. The van der Waals surface area contributed by atoms with E-state index in [2.05, 4.69) is 30.4 Å². The summed E-state index contributed by atoms with van der Waals surface area (Å²) in [6.07, 6.45) is 7.57. The lowest BCUT2D eigenvalue weighted by Gasteiger charge is -2.43. The Morgan fingerprint density at radius 3 is 2.58 bits per heavy atom. The van der Waals surface area contributed by atoms with E-state index in [1.54, 1.807) is 18.3 Å². The van der Waals surface area contributed by atoms with Crippen LogP contribution in [-0.2, 0) is 7.05 Å². The summed E-state index contributed by atoms with van der Waals surface area (Å²) < 4.78 is 14.7. The molecule has 0 aliphatic carbocycles. The Morgan fingerprint density at radius 1 is 1.18 bits per heavy atom. The van der Waals surface area contributed by atoms with Crippen LogP contribution >= 0.6 is 0 Å². The number of rotatable bonds is 4. The first-order valence-corrected chi connectivity index (χ1v) is 11.1. The Labute approximate surface area is 190 Å². The van der Waals surface area contributed by atoms with Gasteiger partial charge in [0, 0.05) is 43.9 Å². The first kappa shape index (κ1) is 21.4. The number of halogens is 1. The van der Waals surface area contributed by atoms with Crippen LogP contribution in [0.1, 0.15) is 32.1 Å². The zero-order valence-corrected chi connectivity index (χ0v) is 18.6. The molecule has 2 bridgehead atoms. The van der Waals surface area contributed by atoms with Gasteiger partial charge in [-0.3, -0.25) is 4.57 Å². The molecule has 10 heteroatoms. The molecule has 0 spiro atoms. The average Bonchev–Trinajstić information content (AvgIpc) is 2.81. The molecular weight excluding hydrogens is 425 g/mol. The second kappa shape index (κ2) is 8.51. The van der Waals surface area contributed by atoms with Crippen LogP contribution < -0.4 is 15.9 Å². The van der Waals surface area contributed by atoms with Crippen LogP contribution in [0.4, 0.5) is 10.2 Å². The van der Waals surface area contributed by atoms with Gasteiger partial charge >= 0.3 is 5.69 Å². The van der Waals surface area contributed by atoms with Gasteiger partial charge in [-0.2, -0.15) is 9.37 Å². The molecule has 2 aliphatic rings. The van der Waals surface area contributed by atoms with Crippen molar-refractivity contribution < 1.29 is 9.50 Å². The molecule has 4 heterocycles. The Kier molecular flexibility index (Phi) is 5.53. The third-order valence-corrected chi connectivity index (χ3v) is 6.76. The normalized spacial score (nSPS) is 22.2. The highest BCUT2D eigenvalue weighted by atomic mass is 19.1. The van der Waals surface area contributed by atoms with Gasteiger partial charge in [-0.15, -0.1) is 10.2 Å². The van der Waals surface area contributed by atoms with Crippen LogP contribution in [0.5, 0.6) is 5.75 Å². The smallest absolute Gasteiger partial charge is 0.350 e. The summed E-state index contributed by atoms with van der Waals surface area (Å²) in [5.41, 5.74) is 0.230. The molecule has 5 rings (SSSR count). The third kappa shape index (κ3) is 4.18. The minimum atomic E-state index is -0.710. The van der Waals surface area contributed by atoms with Gasteiger partial charge < -0.3 is 15.3 Å². The highest BCUT2D eigenvalue weighted by molar-refractivity contribution is 5.71. The van der Waals surface area contributed by atoms with Crippen LogP contribution in [0.3, 0.4) is 0 Å². The number of nitrogens with zero attached hydrogens (tertiary/aromatic N) is 6. The van der Waals surface area contributed by atoms with Gasteiger partial charge in [-0.05, 0) is 37.8 Å². The lowest BCUT2D eigenvalue weighted by molar-refractivity contribution is 0.219. The van der Waals surface area contributed by atoms with Crippen molar-refractivity contribution in [3.8, 4) is 28.4 Å². The van der Waals surface area contributed by atoms with E-state index in [9.17, 15) is 14.3 Å². The van der Waals surface area contributed by atoms with Crippen molar-refractivity contribution >= 4 is 5.82 Å². The molecule has 2 aromatic heterocycles. The fourth-order valence-electron chi connectivity index (χ4n) is 4.83. The van der Waals surface area contributed by atoms with Crippen molar-refractivity contribution in [1.29, 1.82) is 0 Å². The largest absolute Gasteiger partial charge is 0.507 e. The van der Waals surface area contributed by atoms with Crippen LogP contribution in [0.15, 0.2) is 35.3 Å². The summed E-state index contributed by atoms with van der Waals surface area (Å²) in [6.45, 7) is 0. The van der Waals surface area contributed by atoms with Crippen LogP contribution in [0.2, 0.25) is 0 Å². The first-order valence-electron chi connectivity index (χ1n) is 11.1. The minimum absolute atomic E-state index is 0.107. The van der Waals surface area contributed by atoms with Crippen LogP contribution in [0, 0.1) is 5.95 Å². The number of phenols is 1. The summed E-state index contributed by atoms with van der Waals surface area (Å²) in [5, 5.41) is 22.8. The van der Waals surface area contributed by atoms with E-state index in [1.807, 2.05) is 7.05 Å². The monoisotopic (exact) mass is 451 g/mol. The number of aromatic nitrogens is 5. The molecule has 2 fully saturated rings. The maximum atomic E-state index is 13.9. The second-order valence-corrected chi connectivity index (χ2v) is 8.91. The fourth-order valence-corrected chi connectivity index (χ4v) is 4.83. The molecule has 1 aromatic carbocycles. The van der Waals surface area contributed by atoms with Crippen molar-refractivity contribution in [3.05, 3.63) is 46.9 Å². The fraction of sp³-hybridized carbons (Fsp3) is 0.435. The summed E-state index contributed by atoms with van der Waals surface area (Å²) in [4.78, 5) is 22.2. The standard InChI is InChI=1S/C23H26FN7O2/c1-30(16-9-14-4-3-5-15(10-16)26-14)21-12-25-22(29-28-21)17-7-6-13(8-19(17)32)18-11-20(24)31(2)23(33)27-18/h6-8,11-12,14-16,26,32H,3-5,9-10H2,1-2H3/t14-,15-/m1/s1. The summed E-state index contributed by atoms with van der Waals surface area (Å²) in [7, 11) is 3.33. The van der Waals surface area contributed by atoms with Crippen molar-refractivity contribution in [2.45, 2.75) is 50.2 Å². The van der Waals surface area contributed by atoms with Gasteiger partial charge in [0.25, 0.3) is 0 Å². The molecule has 0 unspecified atom stereocenters. The van der Waals surface area contributed by atoms with Crippen molar-refractivity contribution in [2.24, 2.45) is 7.05 Å². The maximum Gasteiger partial charge on any atom is 0.350 e. The van der Waals surface area contributed by atoms with Crippen molar-refractivity contribution in [1.82, 2.24) is 30.0 Å². The molecule has 0 amide bonds. The number of piperidine rings is 2. The minimum Gasteiger partial charge on any atom is -0.507 e. The van der Waals surface area contributed by atoms with Crippen molar-refractivity contribution in [3.63, 3.8) is 0 Å². The van der Waals surface area contributed by atoms with E-state index < -0.39 is 11.6 Å². The number of hydrogen-bond donors (Lipinski definition) is 2. The summed E-state index contributed by atoms with van der Waals surface area (Å²) in [6, 6.07) is 7.31. The second-order valence-electron chi connectivity index (χ2n) is 8.91. The van der Waals surface area contributed by atoms with Gasteiger partial charge in [0.15, 0.2) is 17.6 Å². The molecule has 33 heavy (non-hydrogen) atoms. The van der Waals surface area contributed by atoms with Gasteiger partial charge in [0.2, 0.25) is 0 Å². The zero-order chi connectivity index (χ0) is 23.1. The van der Waals surface area contributed by atoms with Crippen LogP contribution in [0.25, 0.3) is 22.6 Å². The topological polar surface area (TPSA) is 109 Å². The summed E-state index contributed by atoms with van der Waals surface area (Å²) >= 11 is 0. The molecule has 0 radical (unpaired) electrons. The molecule has 172 valence electrons. The van der Waals surface area contributed by atoms with E-state index in [-0.39, 0.29) is 17.3 Å². The third-order valence-electron chi connectivity index (χ3n) is 6.76. The Balaban J connectivity index is 1.35. The predicted octanol–water partition coefficient (Wildman–Crippen LogP) is 2.25. The quantitative estimate of drug-likeness (QED) is 0.582. The SMILES string of the molecule is CN(c1cnc(-c2ccc(-c3cc(F)n(C)c(=O)n3)cc2O)nn1)C1C[C@H]2CCC[C@H](C1)N2. The number of benzene rings is 1. The van der Waals surface area contributed by atoms with Crippen molar-refractivity contribution in [2.75, 3.05) is 11.9 Å². The molecule has 2 saturated heterocycles. The van der Waals surface area contributed by atoms with Gasteiger partial charge in [0.05, 0.1) is 17.5 Å². The van der Waals surface area contributed by atoms with Gasteiger partial charge in [-0.25, -0.2) is 9.78 Å². The highest BCUT2D eigenvalue weighted by Gasteiger charge is 2.33. The Morgan fingerprint density at radius 2 is 1.94 bits per heavy atom. The van der Waals surface area contributed by atoms with Crippen LogP contribution in [-0.4, -0.2) is 55.0 Å². The Hall–Kier alpha value is -3.40. The number of aromatic hydroxyl groups is 1. The van der Waals surface area contributed by atoms with Gasteiger partial charge in [0.1, 0.15) is 5.75 Å². The lowest BCUT2D eigenvalue weighted by atomic mass is 9.83. The molecule has 3 aromatic rings. The lowest BCUT2D eigenvalue weighted by Crippen LogP contribution is -2.54. The zero-order valence-electron chi connectivity index (χ0n) is 18.6. The molecular formula is C23H26FN7O2. The number of fused-ring (bicyclic) bond motifs is 2. The molecule has 9 nitrogen and oxygen atoms in total. The predicted molar refractivity (Wildman–Crippen MR) is 121 cm³/mol. The molecule has 2 aliphatic heterocycles. The number of anilines is 1. The number of phenolic OH excluding ortho intramolecular Hbond substituents is 1.